The number of hydrogen-bond acceptors (Lipinski definition) is 7. The number of aromatic amines is 1. The van der Waals surface area contributed by atoms with E-state index in [1.165, 1.54) is 0 Å². The van der Waals surface area contributed by atoms with Crippen molar-refractivity contribution in [2.24, 2.45) is 0 Å². The first-order chi connectivity index (χ1) is 13.2. The molecule has 0 unspecified atom stereocenters. The van der Waals surface area contributed by atoms with Crippen LogP contribution in [0.25, 0.3) is 11.3 Å². The molecule has 2 aromatic heterocycles. The first-order valence-electron chi connectivity index (χ1n) is 8.65. The Morgan fingerprint density at radius 1 is 1.41 bits per heavy atom. The molecule has 9 heteroatoms. The highest BCUT2D eigenvalue weighted by Gasteiger charge is 2.24. The Morgan fingerprint density at radius 2 is 2.33 bits per heavy atom. The highest BCUT2D eigenvalue weighted by atomic mass is 16.5. The summed E-state index contributed by atoms with van der Waals surface area (Å²) >= 11 is 0. The van der Waals surface area contributed by atoms with Crippen LogP contribution in [0.1, 0.15) is 41.1 Å². The van der Waals surface area contributed by atoms with E-state index in [1.807, 2.05) is 24.3 Å². The molecule has 0 spiro atoms. The van der Waals surface area contributed by atoms with Crippen LogP contribution in [-0.4, -0.2) is 40.0 Å². The number of carbonyl (C=O) groups is 1. The quantitative estimate of drug-likeness (QED) is 0.685. The summed E-state index contributed by atoms with van der Waals surface area (Å²) < 4.78 is 15.9. The van der Waals surface area contributed by atoms with Crippen LogP contribution in [0.3, 0.4) is 0 Å². The average molecular weight is 369 g/mol. The third kappa shape index (κ3) is 3.82. The zero-order chi connectivity index (χ0) is 18.6. The van der Waals surface area contributed by atoms with Crippen LogP contribution in [0.4, 0.5) is 0 Å². The van der Waals surface area contributed by atoms with Gasteiger partial charge in [-0.15, -0.1) is 0 Å². The normalized spacial score (nSPS) is 16.4. The molecule has 140 valence electrons. The van der Waals surface area contributed by atoms with Crippen molar-refractivity contribution in [1.82, 2.24) is 25.7 Å². The topological polar surface area (TPSA) is 115 Å². The van der Waals surface area contributed by atoms with Crippen molar-refractivity contribution < 1.29 is 18.8 Å². The van der Waals surface area contributed by atoms with Gasteiger partial charge in [0.15, 0.2) is 5.82 Å². The lowest BCUT2D eigenvalue weighted by Crippen LogP contribution is -2.23. The van der Waals surface area contributed by atoms with Crippen LogP contribution in [0.15, 0.2) is 34.9 Å². The maximum atomic E-state index is 12.3. The minimum atomic E-state index is -0.305. The fraction of sp³-hybridized carbons (Fsp3) is 0.333. The standard InChI is InChI=1S/C18H19N5O4/c1-25-12-5-2-4-11(8-12)13-9-14(22-21-13)17(24)19-10-16-20-18(27-23-16)15-6-3-7-26-15/h2,4-5,8-9,15H,3,6-7,10H2,1H3,(H,19,24)(H,21,22)/t15-/m1/s1. The number of rotatable bonds is 6. The van der Waals surface area contributed by atoms with Gasteiger partial charge in [0.25, 0.3) is 11.8 Å². The molecular formula is C18H19N5O4. The van der Waals surface area contributed by atoms with E-state index in [2.05, 4.69) is 25.7 Å². The van der Waals surface area contributed by atoms with Gasteiger partial charge in [-0.1, -0.05) is 17.3 Å². The van der Waals surface area contributed by atoms with Crippen LogP contribution in [0.2, 0.25) is 0 Å². The van der Waals surface area contributed by atoms with E-state index >= 15 is 0 Å². The second kappa shape index (κ2) is 7.58. The van der Waals surface area contributed by atoms with E-state index in [4.69, 9.17) is 14.0 Å². The molecule has 1 fully saturated rings. The van der Waals surface area contributed by atoms with Crippen molar-refractivity contribution in [3.05, 3.63) is 47.7 Å². The molecule has 1 atom stereocenters. The fourth-order valence-electron chi connectivity index (χ4n) is 2.87. The number of aromatic nitrogens is 4. The Kier molecular flexibility index (Phi) is 4.84. The number of methoxy groups -OCH3 is 1. The molecule has 0 bridgehead atoms. The van der Waals surface area contributed by atoms with Gasteiger partial charge >= 0.3 is 0 Å². The lowest BCUT2D eigenvalue weighted by molar-refractivity contribution is 0.0835. The van der Waals surface area contributed by atoms with E-state index in [-0.39, 0.29) is 18.6 Å². The predicted octanol–water partition coefficient (Wildman–Crippen LogP) is 2.25. The zero-order valence-corrected chi connectivity index (χ0v) is 14.8. The molecule has 1 amide bonds. The zero-order valence-electron chi connectivity index (χ0n) is 14.8. The molecule has 1 aliphatic rings. The fourth-order valence-corrected chi connectivity index (χ4v) is 2.87. The van der Waals surface area contributed by atoms with Gasteiger partial charge in [0.2, 0.25) is 0 Å². The molecule has 1 aliphatic heterocycles. The van der Waals surface area contributed by atoms with Crippen molar-refractivity contribution in [1.29, 1.82) is 0 Å². The molecule has 1 aromatic carbocycles. The van der Waals surface area contributed by atoms with Gasteiger partial charge in [-0.05, 0) is 31.0 Å². The van der Waals surface area contributed by atoms with Gasteiger partial charge in [-0.2, -0.15) is 10.1 Å². The van der Waals surface area contributed by atoms with Crippen LogP contribution in [0.5, 0.6) is 5.75 Å². The third-order valence-electron chi connectivity index (χ3n) is 4.28. The molecule has 9 nitrogen and oxygen atoms in total. The van der Waals surface area contributed by atoms with Crippen LogP contribution >= 0.6 is 0 Å². The Balaban J connectivity index is 1.38. The lowest BCUT2D eigenvalue weighted by Gasteiger charge is -2.01. The number of benzene rings is 1. The molecular weight excluding hydrogens is 350 g/mol. The molecule has 3 heterocycles. The van der Waals surface area contributed by atoms with Crippen molar-refractivity contribution in [3.63, 3.8) is 0 Å². The highest BCUT2D eigenvalue weighted by Crippen LogP contribution is 2.27. The third-order valence-corrected chi connectivity index (χ3v) is 4.28. The summed E-state index contributed by atoms with van der Waals surface area (Å²) in [6.07, 6.45) is 1.71. The summed E-state index contributed by atoms with van der Waals surface area (Å²) in [5.74, 6) is 1.28. The Labute approximate surface area is 155 Å². The summed E-state index contributed by atoms with van der Waals surface area (Å²) in [5, 5.41) is 13.6. The Morgan fingerprint density at radius 3 is 3.15 bits per heavy atom. The largest absolute Gasteiger partial charge is 0.497 e. The van der Waals surface area contributed by atoms with Gasteiger partial charge in [0, 0.05) is 12.2 Å². The minimum Gasteiger partial charge on any atom is -0.497 e. The summed E-state index contributed by atoms with van der Waals surface area (Å²) in [7, 11) is 1.60. The first-order valence-corrected chi connectivity index (χ1v) is 8.65. The van der Waals surface area contributed by atoms with E-state index in [0.717, 1.165) is 24.2 Å². The van der Waals surface area contributed by atoms with Crippen molar-refractivity contribution >= 4 is 5.91 Å². The maximum absolute atomic E-state index is 12.3. The van der Waals surface area contributed by atoms with Crippen molar-refractivity contribution in [2.75, 3.05) is 13.7 Å². The number of carbonyl (C=O) groups excluding carboxylic acids is 1. The summed E-state index contributed by atoms with van der Waals surface area (Å²) in [4.78, 5) is 16.6. The smallest absolute Gasteiger partial charge is 0.269 e. The minimum absolute atomic E-state index is 0.139. The molecule has 0 aliphatic carbocycles. The number of amides is 1. The van der Waals surface area contributed by atoms with Crippen molar-refractivity contribution in [2.45, 2.75) is 25.5 Å². The Hall–Kier alpha value is -3.20. The predicted molar refractivity (Wildman–Crippen MR) is 94.0 cm³/mol. The highest BCUT2D eigenvalue weighted by molar-refractivity contribution is 5.93. The number of nitrogens with one attached hydrogen (secondary N) is 2. The summed E-state index contributed by atoms with van der Waals surface area (Å²) in [6, 6.07) is 9.14. The van der Waals surface area contributed by atoms with Gasteiger partial charge < -0.3 is 19.3 Å². The first kappa shape index (κ1) is 17.2. The maximum Gasteiger partial charge on any atom is 0.269 e. The average Bonchev–Trinajstić information content (AvgIpc) is 3.47. The monoisotopic (exact) mass is 369 g/mol. The molecule has 27 heavy (non-hydrogen) atoms. The van der Waals surface area contributed by atoms with Crippen LogP contribution in [0, 0.1) is 0 Å². The number of H-pyrrole nitrogens is 1. The molecule has 3 aromatic rings. The summed E-state index contributed by atoms with van der Waals surface area (Å²) in [5.41, 5.74) is 1.85. The van der Waals surface area contributed by atoms with E-state index in [1.54, 1.807) is 13.2 Å². The molecule has 2 N–H and O–H groups in total. The van der Waals surface area contributed by atoms with Gasteiger partial charge in [0.1, 0.15) is 17.5 Å². The van der Waals surface area contributed by atoms with Crippen molar-refractivity contribution in [3.8, 4) is 17.0 Å². The van der Waals surface area contributed by atoms with Gasteiger partial charge in [-0.25, -0.2) is 0 Å². The lowest BCUT2D eigenvalue weighted by atomic mass is 10.1. The number of nitrogens with zero attached hydrogens (tertiary/aromatic N) is 3. The summed E-state index contributed by atoms with van der Waals surface area (Å²) in [6.45, 7) is 0.858. The molecule has 0 saturated carbocycles. The Bertz CT molecular complexity index is 929. The molecule has 0 radical (unpaired) electrons. The van der Waals surface area contributed by atoms with Crippen LogP contribution < -0.4 is 10.1 Å². The van der Waals surface area contributed by atoms with E-state index in [0.29, 0.717) is 29.7 Å². The van der Waals surface area contributed by atoms with Gasteiger partial charge in [-0.3, -0.25) is 9.89 Å². The molecule has 1 saturated heterocycles. The van der Waals surface area contributed by atoms with Crippen LogP contribution in [-0.2, 0) is 11.3 Å². The van der Waals surface area contributed by atoms with Gasteiger partial charge in [0.05, 0.1) is 19.3 Å². The number of hydrogen-bond donors (Lipinski definition) is 2. The molecule has 4 rings (SSSR count). The van der Waals surface area contributed by atoms with E-state index < -0.39 is 0 Å². The second-order valence-corrected chi connectivity index (χ2v) is 6.13. The number of ether oxygens (including phenoxy) is 2. The SMILES string of the molecule is COc1cccc(-c2cc(C(=O)NCc3noc([C@H]4CCCO4)n3)[nH]n2)c1. The second-order valence-electron chi connectivity index (χ2n) is 6.13. The van der Waals surface area contributed by atoms with E-state index in [9.17, 15) is 4.79 Å².